The summed E-state index contributed by atoms with van der Waals surface area (Å²) in [5.74, 6) is 0.669. The van der Waals surface area contributed by atoms with Crippen molar-refractivity contribution in [3.05, 3.63) is 30.0 Å². The summed E-state index contributed by atoms with van der Waals surface area (Å²) in [5.41, 5.74) is 9.20. The van der Waals surface area contributed by atoms with Crippen LogP contribution in [0.5, 0.6) is 0 Å². The van der Waals surface area contributed by atoms with Gasteiger partial charge in [-0.05, 0) is 36.5 Å². The summed E-state index contributed by atoms with van der Waals surface area (Å²) < 4.78 is 0. The van der Waals surface area contributed by atoms with Gasteiger partial charge in [0.25, 0.3) is 0 Å². The first-order chi connectivity index (χ1) is 7.76. The Bertz CT molecular complexity index is 471. The molecule has 1 unspecified atom stereocenters. The minimum Gasteiger partial charge on any atom is -0.399 e. The molecule has 0 aliphatic carbocycles. The van der Waals surface area contributed by atoms with Gasteiger partial charge in [0.05, 0.1) is 0 Å². The van der Waals surface area contributed by atoms with E-state index in [2.05, 4.69) is 31.1 Å². The smallest absolute Gasteiger partial charge is 0.0477 e. The van der Waals surface area contributed by atoms with E-state index in [0.29, 0.717) is 5.92 Å². The Hall–Kier alpha value is -1.44. The average molecular weight is 216 g/mol. The number of fused-ring (bicyclic) bond motifs is 1. The molecule has 0 amide bonds. The predicted molar refractivity (Wildman–Crippen MR) is 70.7 cm³/mol. The largest absolute Gasteiger partial charge is 0.399 e. The molecule has 2 aromatic rings. The Labute approximate surface area is 96.9 Å². The molecule has 86 valence electrons. The Balaban J connectivity index is 2.44. The highest BCUT2D eigenvalue weighted by molar-refractivity contribution is 5.86. The third kappa shape index (κ3) is 1.92. The molecule has 2 rings (SSSR count). The zero-order chi connectivity index (χ0) is 11.5. The van der Waals surface area contributed by atoms with E-state index in [-0.39, 0.29) is 0 Å². The second-order valence-corrected chi connectivity index (χ2v) is 4.44. The number of anilines is 1. The highest BCUT2D eigenvalue weighted by Crippen LogP contribution is 2.31. The van der Waals surface area contributed by atoms with E-state index >= 15 is 0 Å². The first kappa shape index (κ1) is 11.1. The number of benzene rings is 1. The van der Waals surface area contributed by atoms with E-state index in [9.17, 15) is 0 Å². The van der Waals surface area contributed by atoms with Crippen molar-refractivity contribution in [2.24, 2.45) is 0 Å². The van der Waals surface area contributed by atoms with Crippen LogP contribution in [0.25, 0.3) is 10.9 Å². The molecule has 0 saturated carbocycles. The van der Waals surface area contributed by atoms with Crippen LogP contribution in [0, 0.1) is 0 Å². The normalized spacial score (nSPS) is 13.1. The molecule has 0 aliphatic heterocycles. The van der Waals surface area contributed by atoms with Crippen LogP contribution < -0.4 is 5.73 Å². The summed E-state index contributed by atoms with van der Waals surface area (Å²) in [6, 6.07) is 6.13. The number of nitrogens with one attached hydrogen (secondary N) is 1. The summed E-state index contributed by atoms with van der Waals surface area (Å²) >= 11 is 0. The summed E-state index contributed by atoms with van der Waals surface area (Å²) in [6.45, 7) is 4.51. The van der Waals surface area contributed by atoms with E-state index < -0.39 is 0 Å². The molecular formula is C14H20N2. The summed E-state index contributed by atoms with van der Waals surface area (Å²) in [4.78, 5) is 3.32. The molecule has 16 heavy (non-hydrogen) atoms. The van der Waals surface area contributed by atoms with Crippen LogP contribution in [0.15, 0.2) is 24.4 Å². The number of H-pyrrole nitrogens is 1. The lowest BCUT2D eigenvalue weighted by Gasteiger charge is -2.12. The second-order valence-electron chi connectivity index (χ2n) is 4.44. The Morgan fingerprint density at radius 3 is 2.81 bits per heavy atom. The van der Waals surface area contributed by atoms with Crippen molar-refractivity contribution in [2.45, 2.75) is 39.0 Å². The maximum atomic E-state index is 5.78. The lowest BCUT2D eigenvalue weighted by Crippen LogP contribution is -1.95. The third-order valence-electron chi connectivity index (χ3n) is 3.31. The van der Waals surface area contributed by atoms with Gasteiger partial charge in [0.1, 0.15) is 0 Å². The molecule has 1 heterocycles. The van der Waals surface area contributed by atoms with Crippen LogP contribution >= 0.6 is 0 Å². The van der Waals surface area contributed by atoms with Gasteiger partial charge in [-0.3, -0.25) is 0 Å². The van der Waals surface area contributed by atoms with E-state index in [1.165, 1.54) is 30.2 Å². The molecule has 0 aliphatic rings. The highest BCUT2D eigenvalue weighted by Gasteiger charge is 2.13. The average Bonchev–Trinajstić information content (AvgIpc) is 2.68. The summed E-state index contributed by atoms with van der Waals surface area (Å²) in [6.07, 6.45) is 5.84. The van der Waals surface area contributed by atoms with Crippen molar-refractivity contribution >= 4 is 16.6 Å². The van der Waals surface area contributed by atoms with Gasteiger partial charge in [-0.25, -0.2) is 0 Å². The predicted octanol–water partition coefficient (Wildman–Crippen LogP) is 4.04. The standard InChI is InChI=1S/C14H20N2/c1-3-5-10(4-2)13-9-16-14-8-11(15)6-7-12(13)14/h6-10,16H,3-5,15H2,1-2H3. The number of hydrogen-bond donors (Lipinski definition) is 2. The fraction of sp³-hybridized carbons (Fsp3) is 0.429. The van der Waals surface area contributed by atoms with Gasteiger partial charge >= 0.3 is 0 Å². The van der Waals surface area contributed by atoms with Gasteiger partial charge in [-0.15, -0.1) is 0 Å². The SMILES string of the molecule is CCCC(CC)c1c[nH]c2cc(N)ccc12. The van der Waals surface area contributed by atoms with Gasteiger partial charge in [-0.1, -0.05) is 26.3 Å². The van der Waals surface area contributed by atoms with Crippen LogP contribution in [0.3, 0.4) is 0 Å². The lowest BCUT2D eigenvalue weighted by atomic mass is 9.92. The molecule has 1 atom stereocenters. The van der Waals surface area contributed by atoms with Crippen LogP contribution in [0.2, 0.25) is 0 Å². The maximum absolute atomic E-state index is 5.78. The van der Waals surface area contributed by atoms with E-state index in [0.717, 1.165) is 11.2 Å². The minimum atomic E-state index is 0.669. The Morgan fingerprint density at radius 1 is 1.31 bits per heavy atom. The first-order valence-corrected chi connectivity index (χ1v) is 6.12. The van der Waals surface area contributed by atoms with Crippen molar-refractivity contribution in [3.63, 3.8) is 0 Å². The molecule has 0 bridgehead atoms. The third-order valence-corrected chi connectivity index (χ3v) is 3.31. The lowest BCUT2D eigenvalue weighted by molar-refractivity contribution is 0.599. The molecule has 1 aromatic carbocycles. The maximum Gasteiger partial charge on any atom is 0.0477 e. The molecule has 0 radical (unpaired) electrons. The van der Waals surface area contributed by atoms with E-state index in [4.69, 9.17) is 5.73 Å². The summed E-state index contributed by atoms with van der Waals surface area (Å²) in [5, 5.41) is 1.33. The van der Waals surface area contributed by atoms with Crippen LogP contribution in [0.1, 0.15) is 44.6 Å². The number of aromatic amines is 1. The number of rotatable bonds is 4. The van der Waals surface area contributed by atoms with Crippen LogP contribution in [-0.2, 0) is 0 Å². The fourth-order valence-electron chi connectivity index (χ4n) is 2.43. The number of aromatic nitrogens is 1. The fourth-order valence-corrected chi connectivity index (χ4v) is 2.43. The molecule has 2 nitrogen and oxygen atoms in total. The number of nitrogen functional groups attached to an aromatic ring is 1. The number of hydrogen-bond acceptors (Lipinski definition) is 1. The van der Waals surface area contributed by atoms with Gasteiger partial charge < -0.3 is 10.7 Å². The molecule has 0 spiro atoms. The Kier molecular flexibility index (Phi) is 3.18. The van der Waals surface area contributed by atoms with E-state index in [1.54, 1.807) is 0 Å². The van der Waals surface area contributed by atoms with Crippen molar-refractivity contribution in [3.8, 4) is 0 Å². The second kappa shape index (κ2) is 4.60. The molecule has 0 fully saturated rings. The van der Waals surface area contributed by atoms with Crippen molar-refractivity contribution in [1.29, 1.82) is 0 Å². The monoisotopic (exact) mass is 216 g/mol. The molecule has 1 aromatic heterocycles. The van der Waals surface area contributed by atoms with Crippen LogP contribution in [-0.4, -0.2) is 4.98 Å². The van der Waals surface area contributed by atoms with Gasteiger partial charge in [-0.2, -0.15) is 0 Å². The molecule has 3 N–H and O–H groups in total. The molecule has 2 heteroatoms. The zero-order valence-electron chi connectivity index (χ0n) is 10.1. The first-order valence-electron chi connectivity index (χ1n) is 6.12. The van der Waals surface area contributed by atoms with Crippen molar-refractivity contribution in [2.75, 3.05) is 5.73 Å². The highest BCUT2D eigenvalue weighted by atomic mass is 14.7. The van der Waals surface area contributed by atoms with Gasteiger partial charge in [0.15, 0.2) is 0 Å². The van der Waals surface area contributed by atoms with Crippen LogP contribution in [0.4, 0.5) is 5.69 Å². The zero-order valence-corrected chi connectivity index (χ0v) is 10.1. The molecular weight excluding hydrogens is 196 g/mol. The van der Waals surface area contributed by atoms with E-state index in [1.807, 2.05) is 12.1 Å². The van der Waals surface area contributed by atoms with Gasteiger partial charge in [0.2, 0.25) is 0 Å². The van der Waals surface area contributed by atoms with Gasteiger partial charge in [0, 0.05) is 22.8 Å². The minimum absolute atomic E-state index is 0.669. The summed E-state index contributed by atoms with van der Waals surface area (Å²) in [7, 11) is 0. The van der Waals surface area contributed by atoms with Crippen molar-refractivity contribution in [1.82, 2.24) is 4.98 Å². The number of nitrogens with two attached hydrogens (primary N) is 1. The Morgan fingerprint density at radius 2 is 2.12 bits per heavy atom. The quantitative estimate of drug-likeness (QED) is 0.744. The topological polar surface area (TPSA) is 41.8 Å². The van der Waals surface area contributed by atoms with Crippen molar-refractivity contribution < 1.29 is 0 Å². The molecule has 0 saturated heterocycles.